The van der Waals surface area contributed by atoms with Crippen LogP contribution in [-0.4, -0.2) is 30.5 Å². The van der Waals surface area contributed by atoms with Crippen molar-refractivity contribution in [3.05, 3.63) is 0 Å². The minimum atomic E-state index is 0.196. The van der Waals surface area contributed by atoms with Gasteiger partial charge in [0, 0.05) is 6.54 Å². The van der Waals surface area contributed by atoms with E-state index in [-0.39, 0.29) is 6.17 Å². The largest absolute Gasteiger partial charge is 0.346 e. The third-order valence-electron chi connectivity index (χ3n) is 2.00. The maximum absolute atomic E-state index is 5.90. The summed E-state index contributed by atoms with van der Waals surface area (Å²) in [6, 6.07) is 0. The van der Waals surface area contributed by atoms with Crippen LogP contribution in [0.25, 0.3) is 0 Å². The van der Waals surface area contributed by atoms with Gasteiger partial charge in [-0.3, -0.25) is 4.99 Å². The van der Waals surface area contributed by atoms with Gasteiger partial charge in [0.05, 0.1) is 19.0 Å². The van der Waals surface area contributed by atoms with Gasteiger partial charge in [0.15, 0.2) is 0 Å². The van der Waals surface area contributed by atoms with E-state index >= 15 is 0 Å². The van der Waals surface area contributed by atoms with Gasteiger partial charge in [0.2, 0.25) is 0 Å². The zero-order valence-corrected chi connectivity index (χ0v) is 7.16. The Morgan fingerprint density at radius 3 is 3.09 bits per heavy atom. The molecule has 0 spiro atoms. The maximum atomic E-state index is 5.90. The second-order valence-electron chi connectivity index (χ2n) is 2.97. The molecule has 0 saturated carbocycles. The third-order valence-corrected chi connectivity index (χ3v) is 2.00. The predicted octanol–water partition coefficient (Wildman–Crippen LogP) is 0.805. The Kier molecular flexibility index (Phi) is 3.36. The number of rotatable bonds is 4. The summed E-state index contributed by atoms with van der Waals surface area (Å²) in [5.74, 6) is 0. The van der Waals surface area contributed by atoms with E-state index in [1.165, 1.54) is 12.8 Å². The fraction of sp³-hybridized carbons (Fsp3) is 0.875. The number of nitrogens with two attached hydrogens (primary N) is 1. The van der Waals surface area contributed by atoms with Gasteiger partial charge in [-0.15, -0.1) is 0 Å². The fourth-order valence-corrected chi connectivity index (χ4v) is 1.22. The van der Waals surface area contributed by atoms with Crippen molar-refractivity contribution in [2.24, 2.45) is 10.7 Å². The quantitative estimate of drug-likeness (QED) is 0.652. The van der Waals surface area contributed by atoms with E-state index < -0.39 is 0 Å². The normalized spacial score (nSPS) is 19.3. The molecule has 0 aliphatic carbocycles. The minimum Gasteiger partial charge on any atom is -0.346 e. The summed E-state index contributed by atoms with van der Waals surface area (Å²) in [5.41, 5.74) is 5.90. The highest BCUT2D eigenvalue weighted by Crippen LogP contribution is 2.04. The molecular formula is C8H17N3. The summed E-state index contributed by atoms with van der Waals surface area (Å²) in [7, 11) is 0. The molecule has 3 heteroatoms. The summed E-state index contributed by atoms with van der Waals surface area (Å²) in [4.78, 5) is 6.24. The van der Waals surface area contributed by atoms with Crippen LogP contribution in [0.1, 0.15) is 26.2 Å². The van der Waals surface area contributed by atoms with E-state index in [9.17, 15) is 0 Å². The lowest BCUT2D eigenvalue weighted by atomic mass is 10.2. The molecule has 0 bridgehead atoms. The SMILES string of the molecule is CCCC[C@@H](N)N1C=NCC1. The van der Waals surface area contributed by atoms with Crippen LogP contribution in [0.4, 0.5) is 0 Å². The third kappa shape index (κ3) is 2.50. The van der Waals surface area contributed by atoms with Crippen molar-refractivity contribution in [2.75, 3.05) is 13.1 Å². The molecule has 0 saturated heterocycles. The zero-order valence-electron chi connectivity index (χ0n) is 7.16. The molecule has 0 aromatic heterocycles. The van der Waals surface area contributed by atoms with Crippen LogP contribution in [0.2, 0.25) is 0 Å². The monoisotopic (exact) mass is 155 g/mol. The first-order valence-corrected chi connectivity index (χ1v) is 4.36. The standard InChI is InChI=1S/C8H17N3/c1-2-3-4-8(9)11-6-5-10-7-11/h7-8H,2-6,9H2,1H3/t8-/m0/s1. The van der Waals surface area contributed by atoms with Crippen LogP contribution in [0, 0.1) is 0 Å². The number of hydrogen-bond acceptors (Lipinski definition) is 3. The van der Waals surface area contributed by atoms with Crippen molar-refractivity contribution in [3.8, 4) is 0 Å². The van der Waals surface area contributed by atoms with Gasteiger partial charge >= 0.3 is 0 Å². The summed E-state index contributed by atoms with van der Waals surface area (Å²) in [5, 5.41) is 0. The number of unbranched alkanes of at least 4 members (excludes halogenated alkanes) is 1. The van der Waals surface area contributed by atoms with E-state index in [0.717, 1.165) is 19.5 Å². The lowest BCUT2D eigenvalue weighted by molar-refractivity contribution is 0.326. The molecule has 11 heavy (non-hydrogen) atoms. The highest BCUT2D eigenvalue weighted by atomic mass is 15.3. The molecule has 1 aliphatic heterocycles. The lowest BCUT2D eigenvalue weighted by Crippen LogP contribution is -2.39. The average molecular weight is 155 g/mol. The van der Waals surface area contributed by atoms with Crippen molar-refractivity contribution in [3.63, 3.8) is 0 Å². The summed E-state index contributed by atoms with van der Waals surface area (Å²) < 4.78 is 0. The van der Waals surface area contributed by atoms with Crippen molar-refractivity contribution in [2.45, 2.75) is 32.4 Å². The first kappa shape index (κ1) is 8.53. The summed E-state index contributed by atoms with van der Waals surface area (Å²) in [6.07, 6.45) is 5.59. The Morgan fingerprint density at radius 1 is 1.73 bits per heavy atom. The summed E-state index contributed by atoms with van der Waals surface area (Å²) in [6.45, 7) is 4.11. The van der Waals surface area contributed by atoms with Crippen molar-refractivity contribution < 1.29 is 0 Å². The molecule has 0 fully saturated rings. The Morgan fingerprint density at radius 2 is 2.55 bits per heavy atom. The molecule has 64 valence electrons. The smallest absolute Gasteiger partial charge is 0.0863 e. The summed E-state index contributed by atoms with van der Waals surface area (Å²) >= 11 is 0. The van der Waals surface area contributed by atoms with Crippen LogP contribution >= 0.6 is 0 Å². The van der Waals surface area contributed by atoms with E-state index in [4.69, 9.17) is 5.73 Å². The van der Waals surface area contributed by atoms with Crippen molar-refractivity contribution >= 4 is 6.34 Å². The molecule has 1 aliphatic rings. The Hall–Kier alpha value is -0.570. The first-order valence-electron chi connectivity index (χ1n) is 4.36. The van der Waals surface area contributed by atoms with Gasteiger partial charge in [0.25, 0.3) is 0 Å². The van der Waals surface area contributed by atoms with Crippen LogP contribution in [0.3, 0.4) is 0 Å². The Bertz CT molecular complexity index is 133. The molecule has 1 rings (SSSR count). The first-order chi connectivity index (χ1) is 5.34. The number of hydrogen-bond donors (Lipinski definition) is 1. The molecule has 0 radical (unpaired) electrons. The molecule has 0 unspecified atom stereocenters. The Labute approximate surface area is 68.3 Å². The van der Waals surface area contributed by atoms with Gasteiger partial charge in [-0.05, 0) is 6.42 Å². The van der Waals surface area contributed by atoms with Gasteiger partial charge < -0.3 is 10.6 Å². The van der Waals surface area contributed by atoms with Crippen molar-refractivity contribution in [1.29, 1.82) is 0 Å². The highest BCUT2D eigenvalue weighted by Gasteiger charge is 2.12. The van der Waals surface area contributed by atoms with Gasteiger partial charge in [-0.2, -0.15) is 0 Å². The predicted molar refractivity (Wildman–Crippen MR) is 47.6 cm³/mol. The van der Waals surface area contributed by atoms with E-state index in [1.54, 1.807) is 0 Å². The van der Waals surface area contributed by atoms with Crippen LogP contribution in [0.15, 0.2) is 4.99 Å². The maximum Gasteiger partial charge on any atom is 0.0863 e. The Balaban J connectivity index is 2.17. The van der Waals surface area contributed by atoms with Crippen LogP contribution in [-0.2, 0) is 0 Å². The molecule has 1 heterocycles. The molecule has 0 aromatic carbocycles. The molecule has 3 nitrogen and oxygen atoms in total. The lowest BCUT2D eigenvalue weighted by Gasteiger charge is -2.22. The molecular weight excluding hydrogens is 138 g/mol. The van der Waals surface area contributed by atoms with E-state index in [2.05, 4.69) is 16.8 Å². The second-order valence-corrected chi connectivity index (χ2v) is 2.97. The number of aliphatic imine (C=N–C) groups is 1. The minimum absolute atomic E-state index is 0.196. The second kappa shape index (κ2) is 4.34. The number of nitrogens with zero attached hydrogens (tertiary/aromatic N) is 2. The molecule has 1 atom stereocenters. The van der Waals surface area contributed by atoms with Gasteiger partial charge in [-0.1, -0.05) is 19.8 Å². The topological polar surface area (TPSA) is 41.6 Å². The average Bonchev–Trinajstić information content (AvgIpc) is 2.52. The van der Waals surface area contributed by atoms with Crippen molar-refractivity contribution in [1.82, 2.24) is 4.90 Å². The van der Waals surface area contributed by atoms with Crippen LogP contribution < -0.4 is 5.73 Å². The molecule has 0 amide bonds. The zero-order chi connectivity index (χ0) is 8.10. The molecule has 2 N–H and O–H groups in total. The van der Waals surface area contributed by atoms with Crippen LogP contribution in [0.5, 0.6) is 0 Å². The van der Waals surface area contributed by atoms with E-state index in [0.29, 0.717) is 0 Å². The van der Waals surface area contributed by atoms with E-state index in [1.807, 2.05) is 6.34 Å². The highest BCUT2D eigenvalue weighted by molar-refractivity contribution is 5.57. The fourth-order valence-electron chi connectivity index (χ4n) is 1.22. The molecule has 0 aromatic rings. The van der Waals surface area contributed by atoms with Gasteiger partial charge in [0.1, 0.15) is 0 Å². The van der Waals surface area contributed by atoms with Gasteiger partial charge in [-0.25, -0.2) is 0 Å².